The molecule has 7 nitrogen and oxygen atoms in total. The van der Waals surface area contributed by atoms with Crippen LogP contribution in [-0.2, 0) is 14.8 Å². The number of carboxylic acid groups (broad SMARTS) is 1. The second kappa shape index (κ2) is 5.12. The number of benzene rings is 1. The molecule has 0 heterocycles. The molecule has 1 aromatic rings. The zero-order chi connectivity index (χ0) is 15.8. The van der Waals surface area contributed by atoms with E-state index in [0.29, 0.717) is 12.0 Å². The molecule has 21 heavy (non-hydrogen) atoms. The van der Waals surface area contributed by atoms with Crippen LogP contribution in [0.2, 0.25) is 0 Å². The van der Waals surface area contributed by atoms with E-state index >= 15 is 0 Å². The predicted molar refractivity (Wildman–Crippen MR) is 74.2 cm³/mol. The molecule has 8 heteroatoms. The van der Waals surface area contributed by atoms with Gasteiger partial charge >= 0.3 is 5.97 Å². The second-order valence-electron chi connectivity index (χ2n) is 5.19. The number of aryl methyl sites for hydroxylation is 1. The fourth-order valence-electron chi connectivity index (χ4n) is 2.24. The van der Waals surface area contributed by atoms with Crippen LogP contribution in [0.4, 0.5) is 0 Å². The van der Waals surface area contributed by atoms with Crippen LogP contribution in [0, 0.1) is 6.92 Å². The van der Waals surface area contributed by atoms with Crippen molar-refractivity contribution in [3.05, 3.63) is 29.3 Å². The van der Waals surface area contributed by atoms with Gasteiger partial charge in [0, 0.05) is 5.56 Å². The van der Waals surface area contributed by atoms with E-state index in [9.17, 15) is 23.1 Å². The van der Waals surface area contributed by atoms with Crippen molar-refractivity contribution in [2.24, 2.45) is 5.73 Å². The quantitative estimate of drug-likeness (QED) is 0.724. The Morgan fingerprint density at radius 3 is 2.38 bits per heavy atom. The highest BCUT2D eigenvalue weighted by Gasteiger charge is 2.47. The molecule has 1 fully saturated rings. The summed E-state index contributed by atoms with van der Waals surface area (Å²) in [5.41, 5.74) is 4.39. The Morgan fingerprint density at radius 1 is 1.33 bits per heavy atom. The Hall–Kier alpha value is -1.93. The van der Waals surface area contributed by atoms with E-state index in [-0.39, 0.29) is 23.3 Å². The molecule has 2 rings (SSSR count). The van der Waals surface area contributed by atoms with E-state index in [1.165, 1.54) is 12.1 Å². The minimum atomic E-state index is -4.04. The number of aliphatic carboxylic acids is 1. The van der Waals surface area contributed by atoms with Crippen LogP contribution in [0.15, 0.2) is 23.1 Å². The number of sulfonamides is 1. The number of nitrogens with one attached hydrogen (secondary N) is 1. The fraction of sp³-hybridized carbons (Fsp3) is 0.385. The lowest BCUT2D eigenvalue weighted by Gasteiger charge is -2.37. The van der Waals surface area contributed by atoms with Gasteiger partial charge in [0.25, 0.3) is 0 Å². The minimum Gasteiger partial charge on any atom is -0.480 e. The molecule has 0 spiro atoms. The highest BCUT2D eigenvalue weighted by Crippen LogP contribution is 2.33. The molecule has 0 aromatic heterocycles. The highest BCUT2D eigenvalue weighted by molar-refractivity contribution is 7.89. The largest absolute Gasteiger partial charge is 0.480 e. The first kappa shape index (κ1) is 15.5. The van der Waals surface area contributed by atoms with Gasteiger partial charge in [0.1, 0.15) is 5.54 Å². The Labute approximate surface area is 122 Å². The molecule has 1 amide bonds. The van der Waals surface area contributed by atoms with Crippen molar-refractivity contribution in [1.82, 2.24) is 4.72 Å². The standard InChI is InChI=1S/C13H16N2O5S/c1-8-3-4-9(7-10(8)11(14)16)21(19,20)15-13(12(17)18)5-2-6-13/h3-4,7,15H,2,5-6H2,1H3,(H2,14,16)(H,17,18). The third-order valence-corrected chi connectivity index (χ3v) is 5.27. The average Bonchev–Trinajstić information content (AvgIpc) is 2.33. The molecule has 1 aliphatic rings. The van der Waals surface area contributed by atoms with E-state index in [0.717, 1.165) is 6.07 Å². The molecule has 0 aliphatic heterocycles. The van der Waals surface area contributed by atoms with E-state index in [1.807, 2.05) is 0 Å². The molecule has 1 saturated carbocycles. The summed E-state index contributed by atoms with van der Waals surface area (Å²) in [4.78, 5) is 22.3. The third-order valence-electron chi connectivity index (χ3n) is 3.73. The lowest BCUT2D eigenvalue weighted by atomic mass is 9.78. The molecule has 0 unspecified atom stereocenters. The molecule has 0 atom stereocenters. The maximum absolute atomic E-state index is 12.3. The number of hydrogen-bond acceptors (Lipinski definition) is 4. The molecule has 4 N–H and O–H groups in total. The zero-order valence-electron chi connectivity index (χ0n) is 11.4. The number of carboxylic acids is 1. The maximum atomic E-state index is 12.3. The monoisotopic (exact) mass is 312 g/mol. The first-order valence-electron chi connectivity index (χ1n) is 6.36. The van der Waals surface area contributed by atoms with Gasteiger partial charge in [-0.2, -0.15) is 4.72 Å². The van der Waals surface area contributed by atoms with Crippen LogP contribution in [0.1, 0.15) is 35.2 Å². The summed E-state index contributed by atoms with van der Waals surface area (Å²) >= 11 is 0. The van der Waals surface area contributed by atoms with Gasteiger partial charge in [0.05, 0.1) is 4.90 Å². The normalized spacial score (nSPS) is 17.0. The summed E-state index contributed by atoms with van der Waals surface area (Å²) in [6.45, 7) is 1.63. The summed E-state index contributed by atoms with van der Waals surface area (Å²) in [5, 5.41) is 9.18. The van der Waals surface area contributed by atoms with Crippen molar-refractivity contribution in [2.45, 2.75) is 36.6 Å². The number of hydrogen-bond donors (Lipinski definition) is 3. The second-order valence-corrected chi connectivity index (χ2v) is 6.87. The highest BCUT2D eigenvalue weighted by atomic mass is 32.2. The van der Waals surface area contributed by atoms with Crippen LogP contribution in [0.25, 0.3) is 0 Å². The Balaban J connectivity index is 2.38. The van der Waals surface area contributed by atoms with Gasteiger partial charge in [-0.1, -0.05) is 6.07 Å². The average molecular weight is 312 g/mol. The number of carbonyl (C=O) groups is 2. The summed E-state index contributed by atoms with van der Waals surface area (Å²) in [5.74, 6) is -1.93. The third kappa shape index (κ3) is 2.77. The molecule has 114 valence electrons. The van der Waals surface area contributed by atoms with Crippen LogP contribution >= 0.6 is 0 Å². The summed E-state index contributed by atoms with van der Waals surface area (Å²) in [7, 11) is -4.04. The smallest absolute Gasteiger partial charge is 0.324 e. The van der Waals surface area contributed by atoms with Crippen LogP contribution in [-0.4, -0.2) is 30.9 Å². The van der Waals surface area contributed by atoms with Crippen molar-refractivity contribution in [3.63, 3.8) is 0 Å². The van der Waals surface area contributed by atoms with Gasteiger partial charge in [-0.15, -0.1) is 0 Å². The molecule has 0 bridgehead atoms. The summed E-state index contributed by atoms with van der Waals surface area (Å²) < 4.78 is 26.8. The van der Waals surface area contributed by atoms with Gasteiger partial charge in [-0.05, 0) is 43.9 Å². The van der Waals surface area contributed by atoms with Gasteiger partial charge in [0.2, 0.25) is 15.9 Å². The van der Waals surface area contributed by atoms with Gasteiger partial charge in [-0.25, -0.2) is 8.42 Å². The van der Waals surface area contributed by atoms with Crippen LogP contribution in [0.3, 0.4) is 0 Å². The number of amides is 1. The van der Waals surface area contributed by atoms with Gasteiger partial charge < -0.3 is 10.8 Å². The van der Waals surface area contributed by atoms with Crippen LogP contribution in [0.5, 0.6) is 0 Å². The van der Waals surface area contributed by atoms with Gasteiger partial charge in [0.15, 0.2) is 0 Å². The van der Waals surface area contributed by atoms with Crippen molar-refractivity contribution < 1.29 is 23.1 Å². The van der Waals surface area contributed by atoms with Crippen molar-refractivity contribution in [3.8, 4) is 0 Å². The first-order valence-corrected chi connectivity index (χ1v) is 7.84. The topological polar surface area (TPSA) is 127 Å². The number of carbonyl (C=O) groups excluding carboxylic acids is 1. The van der Waals surface area contributed by atoms with Crippen LogP contribution < -0.4 is 10.5 Å². The lowest BCUT2D eigenvalue weighted by Crippen LogP contribution is -2.58. The minimum absolute atomic E-state index is 0.0934. The first-order chi connectivity index (χ1) is 9.68. The number of primary amides is 1. The fourth-order valence-corrected chi connectivity index (χ4v) is 3.68. The molecule has 0 radical (unpaired) electrons. The SMILES string of the molecule is Cc1ccc(S(=O)(=O)NC2(C(=O)O)CCC2)cc1C(N)=O. The van der Waals surface area contributed by atoms with E-state index in [2.05, 4.69) is 4.72 Å². The molecule has 0 saturated heterocycles. The van der Waals surface area contributed by atoms with Crippen molar-refractivity contribution >= 4 is 21.9 Å². The van der Waals surface area contributed by atoms with Crippen molar-refractivity contribution in [1.29, 1.82) is 0 Å². The Kier molecular flexibility index (Phi) is 3.77. The van der Waals surface area contributed by atoms with E-state index < -0.39 is 27.4 Å². The predicted octanol–water partition coefficient (Wildman–Crippen LogP) is 0.380. The Morgan fingerprint density at radius 2 is 1.95 bits per heavy atom. The number of rotatable bonds is 5. The van der Waals surface area contributed by atoms with Crippen molar-refractivity contribution in [2.75, 3.05) is 0 Å². The number of nitrogens with two attached hydrogens (primary N) is 1. The van der Waals surface area contributed by atoms with E-state index in [4.69, 9.17) is 5.73 Å². The maximum Gasteiger partial charge on any atom is 0.324 e. The zero-order valence-corrected chi connectivity index (χ0v) is 12.2. The lowest BCUT2D eigenvalue weighted by molar-refractivity contribution is -0.147. The molecule has 1 aromatic carbocycles. The summed E-state index contributed by atoms with van der Waals surface area (Å²) in [6, 6.07) is 3.94. The summed E-state index contributed by atoms with van der Waals surface area (Å²) in [6.07, 6.45) is 1.14. The van der Waals surface area contributed by atoms with E-state index in [1.54, 1.807) is 6.92 Å². The van der Waals surface area contributed by atoms with Gasteiger partial charge in [-0.3, -0.25) is 9.59 Å². The molecular weight excluding hydrogens is 296 g/mol. The molecular formula is C13H16N2O5S. The Bertz CT molecular complexity index is 707. The molecule has 1 aliphatic carbocycles.